The highest BCUT2D eigenvalue weighted by atomic mass is 15.3. The van der Waals surface area contributed by atoms with Gasteiger partial charge in [0.05, 0.1) is 17.6 Å². The summed E-state index contributed by atoms with van der Waals surface area (Å²) in [4.78, 5) is 11.3. The fraction of sp³-hybridized carbons (Fsp3) is 0.450. The fourth-order valence-corrected chi connectivity index (χ4v) is 3.76. The van der Waals surface area contributed by atoms with Crippen LogP contribution >= 0.6 is 0 Å². The van der Waals surface area contributed by atoms with Gasteiger partial charge in [0.25, 0.3) is 0 Å². The first kappa shape index (κ1) is 17.7. The first-order chi connectivity index (χ1) is 13.3. The summed E-state index contributed by atoms with van der Waals surface area (Å²) in [6.07, 6.45) is 5.66. The number of piperidine rings is 1. The van der Waals surface area contributed by atoms with Crippen molar-refractivity contribution < 1.29 is 0 Å². The molecule has 7 heteroatoms. The van der Waals surface area contributed by atoms with Crippen molar-refractivity contribution in [1.29, 1.82) is 0 Å². The van der Waals surface area contributed by atoms with Crippen LogP contribution in [0, 0.1) is 0 Å². The van der Waals surface area contributed by atoms with Gasteiger partial charge in [0.15, 0.2) is 5.65 Å². The van der Waals surface area contributed by atoms with Crippen molar-refractivity contribution >= 4 is 28.2 Å². The van der Waals surface area contributed by atoms with E-state index in [1.807, 2.05) is 6.20 Å². The number of anilines is 3. The maximum atomic E-state index is 4.62. The SMILES string of the molecule is CCN(CC)c1ccc(Nc2ncnc3c2cnn3C2CCNCC2)cc1. The maximum absolute atomic E-state index is 4.62. The Hall–Kier alpha value is -2.67. The highest BCUT2D eigenvalue weighted by Gasteiger charge is 2.19. The molecule has 1 aromatic carbocycles. The van der Waals surface area contributed by atoms with E-state index in [2.05, 4.69) is 73.4 Å². The molecule has 0 unspecified atom stereocenters. The van der Waals surface area contributed by atoms with Crippen LogP contribution in [0.2, 0.25) is 0 Å². The lowest BCUT2D eigenvalue weighted by Gasteiger charge is -2.23. The minimum absolute atomic E-state index is 0.403. The molecule has 4 rings (SSSR count). The van der Waals surface area contributed by atoms with Gasteiger partial charge in [0.2, 0.25) is 0 Å². The van der Waals surface area contributed by atoms with Gasteiger partial charge >= 0.3 is 0 Å². The van der Waals surface area contributed by atoms with Crippen molar-refractivity contribution in [3.05, 3.63) is 36.8 Å². The molecule has 0 atom stereocenters. The number of hydrogen-bond donors (Lipinski definition) is 2. The summed E-state index contributed by atoms with van der Waals surface area (Å²) in [5.41, 5.74) is 3.15. The zero-order chi connectivity index (χ0) is 18.6. The van der Waals surface area contributed by atoms with Crippen molar-refractivity contribution in [2.45, 2.75) is 32.7 Å². The molecule has 7 nitrogen and oxygen atoms in total. The number of nitrogens with one attached hydrogen (secondary N) is 2. The van der Waals surface area contributed by atoms with Gasteiger partial charge in [-0.3, -0.25) is 0 Å². The number of rotatable bonds is 6. The van der Waals surface area contributed by atoms with E-state index in [0.29, 0.717) is 6.04 Å². The van der Waals surface area contributed by atoms with Crippen molar-refractivity contribution in [2.75, 3.05) is 36.4 Å². The summed E-state index contributed by atoms with van der Waals surface area (Å²) < 4.78 is 2.06. The van der Waals surface area contributed by atoms with Gasteiger partial charge in [0.1, 0.15) is 12.1 Å². The van der Waals surface area contributed by atoms with E-state index >= 15 is 0 Å². The monoisotopic (exact) mass is 365 g/mol. The molecule has 2 N–H and O–H groups in total. The molecule has 1 fully saturated rings. The number of hydrogen-bond acceptors (Lipinski definition) is 6. The van der Waals surface area contributed by atoms with Crippen LogP contribution in [0.3, 0.4) is 0 Å². The third kappa shape index (κ3) is 3.60. The maximum Gasteiger partial charge on any atom is 0.163 e. The Morgan fingerprint density at radius 3 is 2.56 bits per heavy atom. The highest BCUT2D eigenvalue weighted by molar-refractivity contribution is 5.88. The number of nitrogens with zero attached hydrogens (tertiary/aromatic N) is 5. The summed E-state index contributed by atoms with van der Waals surface area (Å²) in [7, 11) is 0. The van der Waals surface area contributed by atoms with Crippen LogP contribution in [-0.4, -0.2) is 45.9 Å². The lowest BCUT2D eigenvalue weighted by Crippen LogP contribution is -2.29. The van der Waals surface area contributed by atoms with Crippen LogP contribution in [0.5, 0.6) is 0 Å². The van der Waals surface area contributed by atoms with Gasteiger partial charge in [-0.25, -0.2) is 14.6 Å². The van der Waals surface area contributed by atoms with E-state index in [4.69, 9.17) is 0 Å². The molecule has 1 aliphatic rings. The Bertz CT molecular complexity index is 877. The number of benzene rings is 1. The zero-order valence-electron chi connectivity index (χ0n) is 16.0. The fourth-order valence-electron chi connectivity index (χ4n) is 3.76. The number of aromatic nitrogens is 4. The third-order valence-electron chi connectivity index (χ3n) is 5.30. The average Bonchev–Trinajstić information content (AvgIpc) is 3.16. The molecule has 1 aliphatic heterocycles. The molecule has 27 heavy (non-hydrogen) atoms. The largest absolute Gasteiger partial charge is 0.372 e. The Morgan fingerprint density at radius 1 is 1.11 bits per heavy atom. The Kier molecular flexibility index (Phi) is 5.20. The second-order valence-electron chi connectivity index (χ2n) is 6.87. The predicted molar refractivity (Wildman–Crippen MR) is 110 cm³/mol. The molecule has 0 bridgehead atoms. The molecule has 142 valence electrons. The van der Waals surface area contributed by atoms with Crippen LogP contribution < -0.4 is 15.5 Å². The third-order valence-corrected chi connectivity index (χ3v) is 5.30. The van der Waals surface area contributed by atoms with Crippen LogP contribution in [0.15, 0.2) is 36.8 Å². The second-order valence-corrected chi connectivity index (χ2v) is 6.87. The quantitative estimate of drug-likeness (QED) is 0.698. The standard InChI is InChI=1S/C20H27N7/c1-3-26(4-2)16-7-5-15(6-8-16)25-19-18-13-24-27(20(18)23-14-22-19)17-9-11-21-12-10-17/h5-8,13-14,17,21H,3-4,9-12H2,1-2H3,(H,22,23,25). The molecular formula is C20H27N7. The minimum atomic E-state index is 0.403. The molecule has 0 radical (unpaired) electrons. The van der Waals surface area contributed by atoms with E-state index in [1.165, 1.54) is 5.69 Å². The van der Waals surface area contributed by atoms with Crippen molar-refractivity contribution in [1.82, 2.24) is 25.1 Å². The van der Waals surface area contributed by atoms with E-state index < -0.39 is 0 Å². The normalized spacial score (nSPS) is 15.2. The van der Waals surface area contributed by atoms with Gasteiger partial charge in [-0.2, -0.15) is 5.10 Å². The summed E-state index contributed by atoms with van der Waals surface area (Å²) in [6.45, 7) is 8.42. The van der Waals surface area contributed by atoms with Gasteiger partial charge in [-0.05, 0) is 64.0 Å². The minimum Gasteiger partial charge on any atom is -0.372 e. The molecule has 3 heterocycles. The van der Waals surface area contributed by atoms with Crippen LogP contribution in [0.1, 0.15) is 32.7 Å². The van der Waals surface area contributed by atoms with E-state index in [0.717, 1.165) is 61.6 Å². The summed E-state index contributed by atoms with van der Waals surface area (Å²) in [5.74, 6) is 0.802. The van der Waals surface area contributed by atoms with Gasteiger partial charge in [-0.1, -0.05) is 0 Å². The molecule has 0 amide bonds. The zero-order valence-corrected chi connectivity index (χ0v) is 16.0. The van der Waals surface area contributed by atoms with Crippen molar-refractivity contribution in [3.8, 4) is 0 Å². The summed E-state index contributed by atoms with van der Waals surface area (Å²) in [5, 5.41) is 12.4. The van der Waals surface area contributed by atoms with Crippen molar-refractivity contribution in [2.24, 2.45) is 0 Å². The predicted octanol–water partition coefficient (Wildman–Crippen LogP) is 3.34. The first-order valence-electron chi connectivity index (χ1n) is 9.81. The smallest absolute Gasteiger partial charge is 0.163 e. The Labute approximate surface area is 159 Å². The molecule has 0 saturated carbocycles. The lowest BCUT2D eigenvalue weighted by atomic mass is 10.1. The lowest BCUT2D eigenvalue weighted by molar-refractivity contribution is 0.349. The first-order valence-corrected chi connectivity index (χ1v) is 9.81. The average molecular weight is 365 g/mol. The van der Waals surface area contributed by atoms with E-state index in [9.17, 15) is 0 Å². The highest BCUT2D eigenvalue weighted by Crippen LogP contribution is 2.28. The molecular weight excluding hydrogens is 338 g/mol. The van der Waals surface area contributed by atoms with Crippen LogP contribution in [0.25, 0.3) is 11.0 Å². The van der Waals surface area contributed by atoms with Gasteiger partial charge in [-0.15, -0.1) is 0 Å². The molecule has 2 aromatic heterocycles. The van der Waals surface area contributed by atoms with Crippen molar-refractivity contribution in [3.63, 3.8) is 0 Å². The van der Waals surface area contributed by atoms with Crippen LogP contribution in [0.4, 0.5) is 17.2 Å². The topological polar surface area (TPSA) is 70.9 Å². The molecule has 0 spiro atoms. The van der Waals surface area contributed by atoms with Crippen LogP contribution in [-0.2, 0) is 0 Å². The van der Waals surface area contributed by atoms with Gasteiger partial charge in [0, 0.05) is 24.5 Å². The second kappa shape index (κ2) is 7.92. The summed E-state index contributed by atoms with van der Waals surface area (Å²) >= 11 is 0. The Morgan fingerprint density at radius 2 is 1.85 bits per heavy atom. The van der Waals surface area contributed by atoms with Gasteiger partial charge < -0.3 is 15.5 Å². The van der Waals surface area contributed by atoms with E-state index in [1.54, 1.807) is 6.33 Å². The summed E-state index contributed by atoms with van der Waals surface area (Å²) in [6, 6.07) is 8.88. The molecule has 1 saturated heterocycles. The molecule has 0 aliphatic carbocycles. The Balaban J connectivity index is 1.58. The number of fused-ring (bicyclic) bond motifs is 1. The van der Waals surface area contributed by atoms with E-state index in [-0.39, 0.29) is 0 Å². The molecule has 3 aromatic rings.